The van der Waals surface area contributed by atoms with Gasteiger partial charge in [0.1, 0.15) is 0 Å². The highest BCUT2D eigenvalue weighted by atomic mass is 79.9. The summed E-state index contributed by atoms with van der Waals surface area (Å²) < 4.78 is 6.30. The lowest BCUT2D eigenvalue weighted by Gasteiger charge is -2.08. The molecular formula is C12H17BrN2O. The molecule has 0 bridgehead atoms. The zero-order valence-corrected chi connectivity index (χ0v) is 11.4. The van der Waals surface area contributed by atoms with E-state index < -0.39 is 0 Å². The fourth-order valence-electron chi connectivity index (χ4n) is 2.64. The second kappa shape index (κ2) is 4.00. The van der Waals surface area contributed by atoms with Crippen molar-refractivity contribution in [1.82, 2.24) is 4.98 Å². The van der Waals surface area contributed by atoms with Crippen molar-refractivity contribution in [2.24, 2.45) is 17.1 Å². The van der Waals surface area contributed by atoms with E-state index in [1.807, 2.05) is 0 Å². The first kappa shape index (κ1) is 11.9. The Balaban J connectivity index is 2.38. The smallest absolute Gasteiger partial charge is 0.216 e. The average Bonchev–Trinajstić information content (AvgIpc) is 2.80. The number of ether oxygens (including phenoxy) is 1. The first-order chi connectivity index (χ1) is 7.52. The average molecular weight is 285 g/mol. The molecule has 2 atom stereocenters. The molecule has 1 fully saturated rings. The summed E-state index contributed by atoms with van der Waals surface area (Å²) >= 11 is 3.45. The molecule has 1 heterocycles. The molecule has 2 rings (SSSR count). The third kappa shape index (κ3) is 1.74. The molecule has 1 aliphatic carbocycles. The molecule has 1 aromatic rings. The Hall–Kier alpha value is -0.610. The number of aromatic nitrogens is 1. The molecule has 0 saturated heterocycles. The van der Waals surface area contributed by atoms with Crippen molar-refractivity contribution in [2.75, 3.05) is 13.7 Å². The van der Waals surface area contributed by atoms with Gasteiger partial charge in [0.25, 0.3) is 0 Å². The first-order valence-corrected chi connectivity index (χ1v) is 6.21. The Morgan fingerprint density at radius 3 is 2.75 bits per heavy atom. The number of methoxy groups -OCH3 is 1. The van der Waals surface area contributed by atoms with Gasteiger partial charge in [0.15, 0.2) is 0 Å². The monoisotopic (exact) mass is 284 g/mol. The van der Waals surface area contributed by atoms with Crippen molar-refractivity contribution in [1.29, 1.82) is 0 Å². The minimum Gasteiger partial charge on any atom is -0.481 e. The Kier molecular flexibility index (Phi) is 2.97. The summed E-state index contributed by atoms with van der Waals surface area (Å²) in [6.07, 6.45) is 1.76. The Morgan fingerprint density at radius 1 is 1.56 bits per heavy atom. The predicted octanol–water partition coefficient (Wildman–Crippen LogP) is 2.55. The number of rotatable bonds is 3. The van der Waals surface area contributed by atoms with Crippen molar-refractivity contribution in [2.45, 2.75) is 19.8 Å². The molecule has 2 unspecified atom stereocenters. The van der Waals surface area contributed by atoms with E-state index >= 15 is 0 Å². The quantitative estimate of drug-likeness (QED) is 0.928. The number of halogens is 1. The van der Waals surface area contributed by atoms with Crippen molar-refractivity contribution >= 4 is 15.9 Å². The van der Waals surface area contributed by atoms with Gasteiger partial charge in [-0.25, -0.2) is 4.98 Å². The molecule has 3 nitrogen and oxygen atoms in total. The second-order valence-electron chi connectivity index (χ2n) is 4.89. The van der Waals surface area contributed by atoms with Crippen LogP contribution in [0.3, 0.4) is 0 Å². The van der Waals surface area contributed by atoms with E-state index in [1.54, 1.807) is 13.3 Å². The van der Waals surface area contributed by atoms with E-state index in [0.29, 0.717) is 18.4 Å². The van der Waals surface area contributed by atoms with Gasteiger partial charge >= 0.3 is 0 Å². The molecule has 0 aromatic carbocycles. The number of nitrogens with zero attached hydrogens (tertiary/aromatic N) is 1. The topological polar surface area (TPSA) is 48.1 Å². The standard InChI is InChI=1S/C12H17BrN2O/c1-12(2)9(5-14)10(12)8-4-7(13)6-15-11(8)16-3/h4,6,9-10H,5,14H2,1-3H3. The predicted molar refractivity (Wildman–Crippen MR) is 67.6 cm³/mol. The molecule has 0 aliphatic heterocycles. The van der Waals surface area contributed by atoms with E-state index in [-0.39, 0.29) is 5.41 Å². The van der Waals surface area contributed by atoms with Gasteiger partial charge in [0, 0.05) is 16.2 Å². The van der Waals surface area contributed by atoms with E-state index in [2.05, 4.69) is 40.8 Å². The Bertz CT molecular complexity index is 406. The molecule has 0 amide bonds. The van der Waals surface area contributed by atoms with Crippen LogP contribution in [0.5, 0.6) is 5.88 Å². The summed E-state index contributed by atoms with van der Waals surface area (Å²) in [6.45, 7) is 5.21. The van der Waals surface area contributed by atoms with Crippen LogP contribution in [-0.4, -0.2) is 18.6 Å². The van der Waals surface area contributed by atoms with Gasteiger partial charge in [0.2, 0.25) is 5.88 Å². The summed E-state index contributed by atoms with van der Waals surface area (Å²) in [5, 5.41) is 0. The third-order valence-corrected chi connectivity index (χ3v) is 4.11. The highest BCUT2D eigenvalue weighted by Crippen LogP contribution is 2.65. The summed E-state index contributed by atoms with van der Waals surface area (Å²) in [6, 6.07) is 2.09. The molecule has 1 aromatic heterocycles. The third-order valence-electron chi connectivity index (χ3n) is 3.68. The van der Waals surface area contributed by atoms with Gasteiger partial charge in [-0.3, -0.25) is 0 Å². The summed E-state index contributed by atoms with van der Waals surface area (Å²) in [5.41, 5.74) is 7.21. The SMILES string of the molecule is COc1ncc(Br)cc1C1C(CN)C1(C)C. The molecule has 88 valence electrons. The Morgan fingerprint density at radius 2 is 2.25 bits per heavy atom. The maximum absolute atomic E-state index is 5.79. The molecule has 0 radical (unpaired) electrons. The number of pyridine rings is 1. The van der Waals surface area contributed by atoms with Gasteiger partial charge in [-0.15, -0.1) is 0 Å². The van der Waals surface area contributed by atoms with Gasteiger partial charge in [-0.1, -0.05) is 13.8 Å². The lowest BCUT2D eigenvalue weighted by molar-refractivity contribution is 0.390. The summed E-state index contributed by atoms with van der Waals surface area (Å²) in [5.74, 6) is 1.70. The summed E-state index contributed by atoms with van der Waals surface area (Å²) in [7, 11) is 1.66. The van der Waals surface area contributed by atoms with Crippen LogP contribution in [0, 0.1) is 11.3 Å². The van der Waals surface area contributed by atoms with Crippen molar-refractivity contribution in [3.8, 4) is 5.88 Å². The molecule has 1 aliphatic rings. The minimum absolute atomic E-state index is 0.254. The maximum atomic E-state index is 5.79. The zero-order valence-electron chi connectivity index (χ0n) is 9.83. The lowest BCUT2D eigenvalue weighted by Crippen LogP contribution is -2.05. The highest BCUT2D eigenvalue weighted by molar-refractivity contribution is 9.10. The van der Waals surface area contributed by atoms with Crippen LogP contribution in [0.1, 0.15) is 25.3 Å². The van der Waals surface area contributed by atoms with Crippen molar-refractivity contribution in [3.05, 3.63) is 22.3 Å². The van der Waals surface area contributed by atoms with Crippen LogP contribution in [0.4, 0.5) is 0 Å². The largest absolute Gasteiger partial charge is 0.481 e. The fraction of sp³-hybridized carbons (Fsp3) is 0.583. The number of nitrogens with two attached hydrogens (primary N) is 1. The first-order valence-electron chi connectivity index (χ1n) is 5.42. The van der Waals surface area contributed by atoms with E-state index in [1.165, 1.54) is 0 Å². The Labute approximate surface area is 105 Å². The van der Waals surface area contributed by atoms with E-state index in [4.69, 9.17) is 10.5 Å². The maximum Gasteiger partial charge on any atom is 0.216 e. The van der Waals surface area contributed by atoms with Gasteiger partial charge < -0.3 is 10.5 Å². The van der Waals surface area contributed by atoms with Gasteiger partial charge in [-0.05, 0) is 45.8 Å². The lowest BCUT2D eigenvalue weighted by atomic mass is 10.0. The molecule has 16 heavy (non-hydrogen) atoms. The van der Waals surface area contributed by atoms with E-state index in [0.717, 1.165) is 15.9 Å². The molecule has 0 spiro atoms. The fourth-order valence-corrected chi connectivity index (χ4v) is 2.99. The van der Waals surface area contributed by atoms with Crippen LogP contribution < -0.4 is 10.5 Å². The molecular weight excluding hydrogens is 268 g/mol. The van der Waals surface area contributed by atoms with Gasteiger partial charge in [0.05, 0.1) is 7.11 Å². The summed E-state index contributed by atoms with van der Waals surface area (Å²) in [4.78, 5) is 4.28. The molecule has 4 heteroatoms. The van der Waals surface area contributed by atoms with Crippen molar-refractivity contribution in [3.63, 3.8) is 0 Å². The van der Waals surface area contributed by atoms with Crippen molar-refractivity contribution < 1.29 is 4.74 Å². The van der Waals surface area contributed by atoms with Crippen LogP contribution >= 0.6 is 15.9 Å². The van der Waals surface area contributed by atoms with Crippen LogP contribution in [-0.2, 0) is 0 Å². The zero-order chi connectivity index (χ0) is 11.9. The highest BCUT2D eigenvalue weighted by Gasteiger charge is 2.58. The molecule has 1 saturated carbocycles. The normalized spacial score (nSPS) is 26.6. The second-order valence-corrected chi connectivity index (χ2v) is 5.81. The van der Waals surface area contributed by atoms with E-state index in [9.17, 15) is 0 Å². The number of hydrogen-bond donors (Lipinski definition) is 1. The molecule has 2 N–H and O–H groups in total. The van der Waals surface area contributed by atoms with Crippen LogP contribution in [0.25, 0.3) is 0 Å². The number of hydrogen-bond acceptors (Lipinski definition) is 3. The minimum atomic E-state index is 0.254. The van der Waals surface area contributed by atoms with Crippen LogP contribution in [0.15, 0.2) is 16.7 Å². The van der Waals surface area contributed by atoms with Crippen LogP contribution in [0.2, 0.25) is 0 Å². The van der Waals surface area contributed by atoms with Gasteiger partial charge in [-0.2, -0.15) is 0 Å².